The molecule has 0 radical (unpaired) electrons. The summed E-state index contributed by atoms with van der Waals surface area (Å²) in [7, 11) is 0. The molecule has 12 heavy (non-hydrogen) atoms. The van der Waals surface area contributed by atoms with Crippen LogP contribution < -0.4 is 5.73 Å². The van der Waals surface area contributed by atoms with Gasteiger partial charge in [0.1, 0.15) is 11.6 Å². The van der Waals surface area contributed by atoms with Gasteiger partial charge in [-0.05, 0) is 6.07 Å². The van der Waals surface area contributed by atoms with Crippen LogP contribution in [0.15, 0.2) is 18.7 Å². The van der Waals surface area contributed by atoms with Gasteiger partial charge in [0.05, 0.1) is 5.56 Å². The third kappa shape index (κ3) is 1.56. The molecule has 0 aromatic heterocycles. The van der Waals surface area contributed by atoms with Crippen molar-refractivity contribution in [2.24, 2.45) is 0 Å². The van der Waals surface area contributed by atoms with Gasteiger partial charge in [-0.1, -0.05) is 18.2 Å². The molecule has 0 aliphatic carbocycles. The van der Waals surface area contributed by atoms with Crippen molar-refractivity contribution >= 4 is 22.3 Å². The van der Waals surface area contributed by atoms with Crippen molar-refractivity contribution in [1.82, 2.24) is 0 Å². The van der Waals surface area contributed by atoms with E-state index in [-0.39, 0.29) is 16.3 Å². The maximum Gasteiger partial charge on any atom is 0.136 e. The van der Waals surface area contributed by atoms with E-state index in [4.69, 9.17) is 17.3 Å². The van der Waals surface area contributed by atoms with Gasteiger partial charge in [0.15, 0.2) is 0 Å². The Kier molecular flexibility index (Phi) is 2.33. The molecule has 0 saturated carbocycles. The Morgan fingerprint density at radius 3 is 2.42 bits per heavy atom. The van der Waals surface area contributed by atoms with Crippen molar-refractivity contribution in [3.8, 4) is 0 Å². The SMILES string of the molecule is C=C(Cl)c1c(N)cc(F)cc1F. The van der Waals surface area contributed by atoms with E-state index in [1.54, 1.807) is 0 Å². The lowest BCUT2D eigenvalue weighted by atomic mass is 10.1. The highest BCUT2D eigenvalue weighted by Crippen LogP contribution is 2.26. The number of hydrogen-bond acceptors (Lipinski definition) is 1. The minimum Gasteiger partial charge on any atom is -0.398 e. The van der Waals surface area contributed by atoms with Gasteiger partial charge < -0.3 is 5.73 Å². The molecule has 64 valence electrons. The first kappa shape index (κ1) is 9.00. The Morgan fingerprint density at radius 2 is 2.00 bits per heavy atom. The van der Waals surface area contributed by atoms with Crippen LogP contribution in [0.5, 0.6) is 0 Å². The highest BCUT2D eigenvalue weighted by Gasteiger charge is 2.10. The molecular formula is C8H6ClF2N. The third-order valence-electron chi connectivity index (χ3n) is 1.36. The first-order valence-corrected chi connectivity index (χ1v) is 3.49. The molecule has 1 rings (SSSR count). The summed E-state index contributed by atoms with van der Waals surface area (Å²) in [5.41, 5.74) is 5.21. The summed E-state index contributed by atoms with van der Waals surface area (Å²) in [5, 5.41) is -0.0370. The molecule has 0 fully saturated rings. The number of nitrogens with two attached hydrogens (primary N) is 1. The summed E-state index contributed by atoms with van der Waals surface area (Å²) in [6.07, 6.45) is 0. The van der Waals surface area contributed by atoms with Gasteiger partial charge in [-0.25, -0.2) is 8.78 Å². The zero-order chi connectivity index (χ0) is 9.30. The maximum atomic E-state index is 12.9. The number of hydrogen-bond donors (Lipinski definition) is 1. The lowest BCUT2D eigenvalue weighted by molar-refractivity contribution is 0.582. The first-order chi connectivity index (χ1) is 5.52. The molecular weight excluding hydrogens is 184 g/mol. The fourth-order valence-electron chi connectivity index (χ4n) is 0.880. The van der Waals surface area contributed by atoms with Crippen molar-refractivity contribution in [1.29, 1.82) is 0 Å². The van der Waals surface area contributed by atoms with E-state index in [2.05, 4.69) is 6.58 Å². The van der Waals surface area contributed by atoms with Crippen LogP contribution >= 0.6 is 11.6 Å². The van der Waals surface area contributed by atoms with Crippen LogP contribution in [0.1, 0.15) is 5.56 Å². The molecule has 1 aromatic carbocycles. The molecule has 1 aromatic rings. The van der Waals surface area contributed by atoms with Gasteiger partial charge in [0.2, 0.25) is 0 Å². The van der Waals surface area contributed by atoms with E-state index >= 15 is 0 Å². The van der Waals surface area contributed by atoms with Gasteiger partial charge >= 0.3 is 0 Å². The zero-order valence-electron chi connectivity index (χ0n) is 6.07. The van der Waals surface area contributed by atoms with Crippen LogP contribution in [0, 0.1) is 11.6 Å². The molecule has 4 heteroatoms. The van der Waals surface area contributed by atoms with Gasteiger partial charge in [-0.15, -0.1) is 0 Å². The quantitative estimate of drug-likeness (QED) is 0.676. The number of halogens is 3. The standard InChI is InChI=1S/C8H6ClF2N/c1-4(9)8-6(11)2-5(10)3-7(8)12/h2-3H,1,12H2. The van der Waals surface area contributed by atoms with Crippen LogP contribution in [0.4, 0.5) is 14.5 Å². The molecule has 0 heterocycles. The molecule has 0 atom stereocenters. The Morgan fingerprint density at radius 1 is 1.42 bits per heavy atom. The van der Waals surface area contributed by atoms with Crippen LogP contribution in [0.3, 0.4) is 0 Å². The summed E-state index contributed by atoms with van der Waals surface area (Å²) in [6.45, 7) is 3.30. The van der Waals surface area contributed by atoms with E-state index in [1.165, 1.54) is 0 Å². The number of benzene rings is 1. The first-order valence-electron chi connectivity index (χ1n) is 3.11. The molecule has 0 unspecified atom stereocenters. The van der Waals surface area contributed by atoms with Gasteiger partial charge in [0, 0.05) is 16.8 Å². The third-order valence-corrected chi connectivity index (χ3v) is 1.55. The molecule has 1 nitrogen and oxygen atoms in total. The summed E-state index contributed by atoms with van der Waals surface area (Å²) in [6, 6.07) is 1.70. The molecule has 0 saturated heterocycles. The molecule has 0 aliphatic rings. The van der Waals surface area contributed by atoms with Crippen molar-refractivity contribution in [3.05, 3.63) is 35.9 Å². The summed E-state index contributed by atoms with van der Waals surface area (Å²) in [4.78, 5) is 0. The molecule has 0 bridgehead atoms. The summed E-state index contributed by atoms with van der Waals surface area (Å²) < 4.78 is 25.4. The van der Waals surface area contributed by atoms with Crippen molar-refractivity contribution in [3.63, 3.8) is 0 Å². The van der Waals surface area contributed by atoms with Gasteiger partial charge in [0.25, 0.3) is 0 Å². The Bertz CT molecular complexity index is 313. The second-order valence-electron chi connectivity index (χ2n) is 2.26. The largest absolute Gasteiger partial charge is 0.398 e. The summed E-state index contributed by atoms with van der Waals surface area (Å²) in [5.74, 6) is -1.53. The van der Waals surface area contributed by atoms with Crippen molar-refractivity contribution < 1.29 is 8.78 Å². The van der Waals surface area contributed by atoms with E-state index in [0.717, 1.165) is 6.07 Å². The zero-order valence-corrected chi connectivity index (χ0v) is 6.83. The Balaban J connectivity index is 3.38. The van der Waals surface area contributed by atoms with Crippen LogP contribution in [-0.4, -0.2) is 0 Å². The summed E-state index contributed by atoms with van der Waals surface area (Å²) >= 11 is 5.43. The molecule has 0 amide bonds. The average Bonchev–Trinajstić information content (AvgIpc) is 1.82. The highest BCUT2D eigenvalue weighted by molar-refractivity contribution is 6.48. The van der Waals surface area contributed by atoms with Gasteiger partial charge in [-0.2, -0.15) is 0 Å². The lowest BCUT2D eigenvalue weighted by Crippen LogP contribution is -1.96. The van der Waals surface area contributed by atoms with Crippen LogP contribution in [0.2, 0.25) is 0 Å². The number of anilines is 1. The number of nitrogen functional groups attached to an aromatic ring is 1. The predicted octanol–water partition coefficient (Wildman–Crippen LogP) is 2.76. The lowest BCUT2D eigenvalue weighted by Gasteiger charge is -2.04. The fraction of sp³-hybridized carbons (Fsp3) is 0. The Hall–Kier alpha value is -1.09. The van der Waals surface area contributed by atoms with Crippen LogP contribution in [-0.2, 0) is 0 Å². The molecule has 0 spiro atoms. The Labute approximate surface area is 73.4 Å². The van der Waals surface area contributed by atoms with Crippen molar-refractivity contribution in [2.75, 3.05) is 5.73 Å². The number of rotatable bonds is 1. The second kappa shape index (κ2) is 3.11. The van der Waals surface area contributed by atoms with E-state index in [9.17, 15) is 8.78 Å². The van der Waals surface area contributed by atoms with E-state index in [0.29, 0.717) is 6.07 Å². The normalized spacial score (nSPS) is 9.92. The predicted molar refractivity (Wildman–Crippen MR) is 45.7 cm³/mol. The topological polar surface area (TPSA) is 26.0 Å². The minimum absolute atomic E-state index is 0.0370. The smallest absolute Gasteiger partial charge is 0.136 e. The van der Waals surface area contributed by atoms with E-state index in [1.807, 2.05) is 0 Å². The average molecular weight is 190 g/mol. The van der Waals surface area contributed by atoms with Gasteiger partial charge in [-0.3, -0.25) is 0 Å². The fourth-order valence-corrected chi connectivity index (χ4v) is 1.08. The van der Waals surface area contributed by atoms with Crippen molar-refractivity contribution in [2.45, 2.75) is 0 Å². The molecule has 2 N–H and O–H groups in total. The van der Waals surface area contributed by atoms with Crippen LogP contribution in [0.25, 0.3) is 5.03 Å². The monoisotopic (exact) mass is 189 g/mol. The second-order valence-corrected chi connectivity index (χ2v) is 2.71. The maximum absolute atomic E-state index is 12.9. The van der Waals surface area contributed by atoms with E-state index < -0.39 is 11.6 Å². The highest BCUT2D eigenvalue weighted by atomic mass is 35.5. The minimum atomic E-state index is -0.799. The molecule has 0 aliphatic heterocycles.